The maximum Gasteiger partial charge on any atom is 0.255 e. The molecule has 3 N–H and O–H groups in total. The summed E-state index contributed by atoms with van der Waals surface area (Å²) in [6, 6.07) is 5.83. The van der Waals surface area contributed by atoms with Crippen LogP contribution in [0.1, 0.15) is 53.6 Å². The SMILES string of the molecule is O=C1CCC(N2Cc3c(CNCC[C@@H]4CCCN4)cccc3C2=O)C(=O)N1. The summed E-state index contributed by atoms with van der Waals surface area (Å²) in [4.78, 5) is 38.0. The maximum absolute atomic E-state index is 12.8. The van der Waals surface area contributed by atoms with Crippen LogP contribution in [0.3, 0.4) is 0 Å². The van der Waals surface area contributed by atoms with Crippen molar-refractivity contribution in [3.05, 3.63) is 34.9 Å². The highest BCUT2D eigenvalue weighted by Gasteiger charge is 2.39. The summed E-state index contributed by atoms with van der Waals surface area (Å²) in [6.45, 7) is 3.20. The fraction of sp³-hybridized carbons (Fsp3) is 0.550. The second kappa shape index (κ2) is 7.78. The van der Waals surface area contributed by atoms with Gasteiger partial charge in [-0.1, -0.05) is 12.1 Å². The molecule has 4 rings (SSSR count). The van der Waals surface area contributed by atoms with Gasteiger partial charge in [-0.2, -0.15) is 0 Å². The number of hydrogen-bond donors (Lipinski definition) is 3. The molecule has 0 radical (unpaired) electrons. The summed E-state index contributed by atoms with van der Waals surface area (Å²) < 4.78 is 0. The van der Waals surface area contributed by atoms with Gasteiger partial charge in [0.15, 0.2) is 0 Å². The Bertz CT molecular complexity index is 758. The predicted molar refractivity (Wildman–Crippen MR) is 99.8 cm³/mol. The third-order valence-electron chi connectivity index (χ3n) is 5.83. The summed E-state index contributed by atoms with van der Waals surface area (Å²) in [5.41, 5.74) is 2.78. The van der Waals surface area contributed by atoms with E-state index in [1.54, 1.807) is 4.90 Å². The van der Waals surface area contributed by atoms with Crippen LogP contribution in [0.2, 0.25) is 0 Å². The van der Waals surface area contributed by atoms with E-state index in [1.807, 2.05) is 18.2 Å². The minimum Gasteiger partial charge on any atom is -0.322 e. The number of amides is 3. The first kappa shape index (κ1) is 18.1. The van der Waals surface area contributed by atoms with Crippen molar-refractivity contribution in [2.45, 2.75) is 57.3 Å². The molecule has 0 saturated carbocycles. The molecular weight excluding hydrogens is 344 g/mol. The summed E-state index contributed by atoms with van der Waals surface area (Å²) in [6.07, 6.45) is 4.29. The van der Waals surface area contributed by atoms with Crippen molar-refractivity contribution >= 4 is 17.7 Å². The Kier molecular flexibility index (Phi) is 5.22. The van der Waals surface area contributed by atoms with Crippen molar-refractivity contribution in [2.75, 3.05) is 13.1 Å². The minimum atomic E-state index is -0.558. The molecule has 3 heterocycles. The molecule has 3 amide bonds. The summed E-state index contributed by atoms with van der Waals surface area (Å²) in [7, 11) is 0. The summed E-state index contributed by atoms with van der Waals surface area (Å²) >= 11 is 0. The minimum absolute atomic E-state index is 0.114. The van der Waals surface area contributed by atoms with E-state index in [4.69, 9.17) is 0 Å². The predicted octanol–water partition coefficient (Wildman–Crippen LogP) is 0.679. The van der Waals surface area contributed by atoms with Crippen LogP contribution in [0, 0.1) is 0 Å². The van der Waals surface area contributed by atoms with Gasteiger partial charge in [-0.05, 0) is 56.0 Å². The summed E-state index contributed by atoms with van der Waals surface area (Å²) in [5, 5.41) is 9.33. The van der Waals surface area contributed by atoms with Gasteiger partial charge in [0.1, 0.15) is 6.04 Å². The van der Waals surface area contributed by atoms with Gasteiger partial charge in [-0.15, -0.1) is 0 Å². The fourth-order valence-corrected chi connectivity index (χ4v) is 4.32. The van der Waals surface area contributed by atoms with Gasteiger partial charge >= 0.3 is 0 Å². The highest BCUT2D eigenvalue weighted by molar-refractivity contribution is 6.05. The first-order chi connectivity index (χ1) is 13.1. The Morgan fingerprint density at radius 2 is 2.07 bits per heavy atom. The number of carbonyl (C=O) groups is 3. The molecule has 1 aromatic carbocycles. The molecule has 0 aliphatic carbocycles. The van der Waals surface area contributed by atoms with Gasteiger partial charge in [0.25, 0.3) is 5.91 Å². The molecule has 144 valence electrons. The van der Waals surface area contributed by atoms with Crippen molar-refractivity contribution in [2.24, 2.45) is 0 Å². The van der Waals surface area contributed by atoms with Crippen LogP contribution in [-0.2, 0) is 22.7 Å². The molecule has 0 aromatic heterocycles. The molecule has 7 nitrogen and oxygen atoms in total. The first-order valence-corrected chi connectivity index (χ1v) is 9.83. The quantitative estimate of drug-likeness (QED) is 0.506. The van der Waals surface area contributed by atoms with Crippen molar-refractivity contribution < 1.29 is 14.4 Å². The average Bonchev–Trinajstić information content (AvgIpc) is 3.28. The van der Waals surface area contributed by atoms with Crippen LogP contribution in [-0.4, -0.2) is 47.8 Å². The van der Waals surface area contributed by atoms with Crippen LogP contribution in [0.5, 0.6) is 0 Å². The molecule has 1 unspecified atom stereocenters. The van der Waals surface area contributed by atoms with Crippen LogP contribution in [0.4, 0.5) is 0 Å². The van der Waals surface area contributed by atoms with Gasteiger partial charge in [0, 0.05) is 31.1 Å². The average molecular weight is 370 g/mol. The number of nitrogens with zero attached hydrogens (tertiary/aromatic N) is 1. The maximum atomic E-state index is 12.8. The van der Waals surface area contributed by atoms with Crippen molar-refractivity contribution in [1.82, 2.24) is 20.9 Å². The molecule has 27 heavy (non-hydrogen) atoms. The Labute approximate surface area is 158 Å². The smallest absolute Gasteiger partial charge is 0.255 e. The highest BCUT2D eigenvalue weighted by Crippen LogP contribution is 2.29. The number of fused-ring (bicyclic) bond motifs is 1. The zero-order chi connectivity index (χ0) is 18.8. The molecular formula is C20H26N4O3. The van der Waals surface area contributed by atoms with E-state index < -0.39 is 6.04 Å². The zero-order valence-corrected chi connectivity index (χ0v) is 15.4. The van der Waals surface area contributed by atoms with Crippen molar-refractivity contribution in [3.8, 4) is 0 Å². The number of imide groups is 1. The van der Waals surface area contributed by atoms with E-state index in [9.17, 15) is 14.4 Å². The Morgan fingerprint density at radius 3 is 2.85 bits per heavy atom. The highest BCUT2D eigenvalue weighted by atomic mass is 16.2. The molecule has 3 aliphatic rings. The van der Waals surface area contributed by atoms with E-state index in [0.717, 1.165) is 30.6 Å². The lowest BCUT2D eigenvalue weighted by Crippen LogP contribution is -2.52. The second-order valence-corrected chi connectivity index (χ2v) is 7.60. The Hall–Kier alpha value is -2.25. The van der Waals surface area contributed by atoms with Crippen LogP contribution >= 0.6 is 0 Å². The number of hydrogen-bond acceptors (Lipinski definition) is 5. The molecule has 3 aliphatic heterocycles. The Balaban J connectivity index is 1.39. The molecule has 7 heteroatoms. The standard InChI is InChI=1S/C20H26N4O3/c25-18-7-6-17(19(26)23-18)24-12-16-13(3-1-5-15(16)20(24)27)11-21-10-8-14-4-2-9-22-14/h1,3,5,14,17,21-22H,2,4,6-12H2,(H,23,25,26)/t14-,17?/m0/s1. The van der Waals surface area contributed by atoms with Crippen LogP contribution in [0.15, 0.2) is 18.2 Å². The molecule has 0 bridgehead atoms. The van der Waals surface area contributed by atoms with Gasteiger partial charge < -0.3 is 15.5 Å². The van der Waals surface area contributed by atoms with E-state index in [2.05, 4.69) is 16.0 Å². The lowest BCUT2D eigenvalue weighted by atomic mass is 10.0. The number of nitrogens with one attached hydrogen (secondary N) is 3. The van der Waals surface area contributed by atoms with Gasteiger partial charge in [0.2, 0.25) is 11.8 Å². The molecule has 2 saturated heterocycles. The topological polar surface area (TPSA) is 90.5 Å². The zero-order valence-electron chi connectivity index (χ0n) is 15.4. The molecule has 2 fully saturated rings. The summed E-state index contributed by atoms with van der Waals surface area (Å²) in [5.74, 6) is -0.741. The second-order valence-electron chi connectivity index (χ2n) is 7.60. The fourth-order valence-electron chi connectivity index (χ4n) is 4.32. The van der Waals surface area contributed by atoms with E-state index >= 15 is 0 Å². The van der Waals surface area contributed by atoms with E-state index in [-0.39, 0.29) is 24.1 Å². The van der Waals surface area contributed by atoms with Gasteiger partial charge in [-0.25, -0.2) is 0 Å². The molecule has 1 aromatic rings. The van der Waals surface area contributed by atoms with E-state index in [1.165, 1.54) is 12.8 Å². The number of piperidine rings is 1. The number of rotatable bonds is 6. The normalized spacial score (nSPS) is 25.0. The van der Waals surface area contributed by atoms with E-state index in [0.29, 0.717) is 31.1 Å². The number of carbonyl (C=O) groups excluding carboxylic acids is 3. The monoisotopic (exact) mass is 370 g/mol. The first-order valence-electron chi connectivity index (χ1n) is 9.83. The van der Waals surface area contributed by atoms with Crippen LogP contribution in [0.25, 0.3) is 0 Å². The molecule has 0 spiro atoms. The van der Waals surface area contributed by atoms with Crippen molar-refractivity contribution in [3.63, 3.8) is 0 Å². The lowest BCUT2D eigenvalue weighted by Gasteiger charge is -2.29. The van der Waals surface area contributed by atoms with Gasteiger partial charge in [-0.3, -0.25) is 19.7 Å². The molecule has 2 atom stereocenters. The van der Waals surface area contributed by atoms with Crippen LogP contribution < -0.4 is 16.0 Å². The van der Waals surface area contributed by atoms with Gasteiger partial charge in [0.05, 0.1) is 0 Å². The Morgan fingerprint density at radius 1 is 1.19 bits per heavy atom. The largest absolute Gasteiger partial charge is 0.322 e. The number of benzene rings is 1. The lowest BCUT2D eigenvalue weighted by molar-refractivity contribution is -0.136. The third kappa shape index (κ3) is 3.75. The van der Waals surface area contributed by atoms with Crippen molar-refractivity contribution in [1.29, 1.82) is 0 Å². The third-order valence-corrected chi connectivity index (χ3v) is 5.83.